The lowest BCUT2D eigenvalue weighted by Crippen LogP contribution is -2.44. The van der Waals surface area contributed by atoms with Crippen molar-refractivity contribution in [3.8, 4) is 0 Å². The minimum absolute atomic E-state index is 0.151. The number of carbonyl (C=O) groups is 1. The Balaban J connectivity index is 2.41. The van der Waals surface area contributed by atoms with Crippen molar-refractivity contribution in [1.82, 2.24) is 9.62 Å². The molecule has 0 bridgehead atoms. The third kappa shape index (κ3) is 2.66. The summed E-state index contributed by atoms with van der Waals surface area (Å²) >= 11 is 0. The molecule has 5 nitrogen and oxygen atoms in total. The maximum absolute atomic E-state index is 13.2. The molecule has 1 N–H and O–H groups in total. The van der Waals surface area contributed by atoms with Gasteiger partial charge in [0.05, 0.1) is 4.90 Å². The molecule has 1 atom stereocenters. The lowest BCUT2D eigenvalue weighted by molar-refractivity contribution is -0.123. The summed E-state index contributed by atoms with van der Waals surface area (Å²) in [6.45, 7) is 0.151. The Bertz CT molecular complexity index is 613. The van der Waals surface area contributed by atoms with Gasteiger partial charge in [0, 0.05) is 19.7 Å². The van der Waals surface area contributed by atoms with Crippen LogP contribution >= 0.6 is 0 Å². The van der Waals surface area contributed by atoms with E-state index in [0.29, 0.717) is 18.9 Å². The number of hydrogen-bond acceptors (Lipinski definition) is 3. The standard InChI is InChI=1S/C12H14F2N2O3S/c1-15-12(17)11-3-2-4-16(11)20(18,19)10-6-8(13)5-9(14)7-10/h5-7,11H,2-4H2,1H3,(H,15,17). The summed E-state index contributed by atoms with van der Waals surface area (Å²) in [5.74, 6) is -2.37. The number of amides is 1. The number of halogens is 2. The molecule has 0 radical (unpaired) electrons. The number of nitrogens with one attached hydrogen (secondary N) is 1. The van der Waals surface area contributed by atoms with E-state index >= 15 is 0 Å². The smallest absolute Gasteiger partial charge is 0.244 e. The molecule has 1 aliphatic heterocycles. The van der Waals surface area contributed by atoms with Gasteiger partial charge < -0.3 is 5.32 Å². The summed E-state index contributed by atoms with van der Waals surface area (Å²) < 4.78 is 52.1. The van der Waals surface area contributed by atoms with Crippen LogP contribution in [0.5, 0.6) is 0 Å². The van der Waals surface area contributed by atoms with Gasteiger partial charge in [-0.2, -0.15) is 4.31 Å². The second-order valence-electron chi connectivity index (χ2n) is 4.49. The summed E-state index contributed by atoms with van der Waals surface area (Å²) in [4.78, 5) is 11.2. The fraction of sp³-hybridized carbons (Fsp3) is 0.417. The molecule has 110 valence electrons. The topological polar surface area (TPSA) is 66.5 Å². The van der Waals surface area contributed by atoms with Gasteiger partial charge in [-0.25, -0.2) is 17.2 Å². The Hall–Kier alpha value is -1.54. The van der Waals surface area contributed by atoms with Crippen molar-refractivity contribution in [2.75, 3.05) is 13.6 Å². The minimum Gasteiger partial charge on any atom is -0.358 e. The molecule has 1 fully saturated rings. The zero-order chi connectivity index (χ0) is 14.9. The molecule has 1 heterocycles. The van der Waals surface area contributed by atoms with E-state index in [9.17, 15) is 22.0 Å². The fourth-order valence-electron chi connectivity index (χ4n) is 2.27. The maximum atomic E-state index is 13.2. The van der Waals surface area contributed by atoms with Crippen molar-refractivity contribution in [2.24, 2.45) is 0 Å². The molecule has 0 aromatic heterocycles. The molecule has 8 heteroatoms. The summed E-state index contributed by atoms with van der Waals surface area (Å²) in [5, 5.41) is 2.39. The van der Waals surface area contributed by atoms with Crippen molar-refractivity contribution in [3.05, 3.63) is 29.8 Å². The van der Waals surface area contributed by atoms with Gasteiger partial charge in [-0.3, -0.25) is 4.79 Å². The van der Waals surface area contributed by atoms with E-state index in [1.165, 1.54) is 7.05 Å². The Kier molecular flexibility index (Phi) is 4.05. The number of nitrogens with zero attached hydrogens (tertiary/aromatic N) is 1. The van der Waals surface area contributed by atoms with Gasteiger partial charge in [-0.05, 0) is 25.0 Å². The van der Waals surface area contributed by atoms with Crippen molar-refractivity contribution in [2.45, 2.75) is 23.8 Å². The third-order valence-electron chi connectivity index (χ3n) is 3.20. The quantitative estimate of drug-likeness (QED) is 0.901. The molecular formula is C12H14F2N2O3S. The highest BCUT2D eigenvalue weighted by atomic mass is 32.2. The van der Waals surface area contributed by atoms with Crippen LogP contribution in [0, 0.1) is 11.6 Å². The maximum Gasteiger partial charge on any atom is 0.244 e. The predicted octanol–water partition coefficient (Wildman–Crippen LogP) is 0.864. The molecule has 2 rings (SSSR count). The van der Waals surface area contributed by atoms with Crippen LogP contribution in [0.1, 0.15) is 12.8 Å². The zero-order valence-electron chi connectivity index (χ0n) is 10.8. The van der Waals surface area contributed by atoms with Gasteiger partial charge in [-0.1, -0.05) is 0 Å². The Morgan fingerprint density at radius 1 is 1.30 bits per heavy atom. The summed E-state index contributed by atoms with van der Waals surface area (Å²) in [6.07, 6.45) is 0.909. The number of benzene rings is 1. The van der Waals surface area contributed by atoms with Crippen LogP contribution in [0.2, 0.25) is 0 Å². The Morgan fingerprint density at radius 3 is 2.45 bits per heavy atom. The predicted molar refractivity (Wildman–Crippen MR) is 67.3 cm³/mol. The largest absolute Gasteiger partial charge is 0.358 e. The molecule has 1 saturated heterocycles. The molecule has 0 spiro atoms. The summed E-state index contributed by atoms with van der Waals surface area (Å²) in [6, 6.07) is 1.26. The number of likely N-dealkylation sites (N-methyl/N-ethyl adjacent to an activating group) is 1. The van der Waals surface area contributed by atoms with E-state index in [0.717, 1.165) is 16.4 Å². The first-order valence-electron chi connectivity index (χ1n) is 6.06. The van der Waals surface area contributed by atoms with E-state index in [1.54, 1.807) is 0 Å². The van der Waals surface area contributed by atoms with E-state index in [4.69, 9.17) is 0 Å². The SMILES string of the molecule is CNC(=O)C1CCCN1S(=O)(=O)c1cc(F)cc(F)c1. The molecule has 1 aromatic carbocycles. The first-order valence-corrected chi connectivity index (χ1v) is 7.50. The number of carbonyl (C=O) groups excluding carboxylic acids is 1. The first-order chi connectivity index (χ1) is 9.36. The molecule has 0 saturated carbocycles. The van der Waals surface area contributed by atoms with Gasteiger partial charge in [0.15, 0.2) is 0 Å². The van der Waals surface area contributed by atoms with Gasteiger partial charge in [0.2, 0.25) is 15.9 Å². The first kappa shape index (κ1) is 14.9. The highest BCUT2D eigenvalue weighted by Gasteiger charge is 2.39. The second kappa shape index (κ2) is 5.45. The van der Waals surface area contributed by atoms with E-state index in [1.807, 2.05) is 0 Å². The molecule has 1 aliphatic rings. The van der Waals surface area contributed by atoms with E-state index in [2.05, 4.69) is 5.32 Å². The van der Waals surface area contributed by atoms with Crippen LogP contribution in [0.15, 0.2) is 23.1 Å². The highest BCUT2D eigenvalue weighted by molar-refractivity contribution is 7.89. The van der Waals surface area contributed by atoms with Gasteiger partial charge in [0.1, 0.15) is 17.7 Å². The van der Waals surface area contributed by atoms with Crippen LogP contribution in [-0.2, 0) is 14.8 Å². The van der Waals surface area contributed by atoms with Gasteiger partial charge in [-0.15, -0.1) is 0 Å². The normalized spacial score (nSPS) is 20.1. The average molecular weight is 304 g/mol. The minimum atomic E-state index is -4.10. The van der Waals surface area contributed by atoms with Crippen molar-refractivity contribution < 1.29 is 22.0 Å². The second-order valence-corrected chi connectivity index (χ2v) is 6.38. The number of rotatable bonds is 3. The fourth-order valence-corrected chi connectivity index (χ4v) is 3.97. The molecule has 1 amide bonds. The van der Waals surface area contributed by atoms with Crippen LogP contribution in [-0.4, -0.2) is 38.3 Å². The van der Waals surface area contributed by atoms with E-state index in [-0.39, 0.29) is 6.54 Å². The monoisotopic (exact) mass is 304 g/mol. The van der Waals surface area contributed by atoms with Crippen LogP contribution in [0.4, 0.5) is 8.78 Å². The van der Waals surface area contributed by atoms with E-state index < -0.39 is 38.5 Å². The van der Waals surface area contributed by atoms with Crippen molar-refractivity contribution >= 4 is 15.9 Å². The Morgan fingerprint density at radius 2 is 1.90 bits per heavy atom. The molecule has 1 unspecified atom stereocenters. The number of sulfonamides is 1. The summed E-state index contributed by atoms with van der Waals surface area (Å²) in [7, 11) is -2.69. The van der Waals surface area contributed by atoms with Crippen molar-refractivity contribution in [1.29, 1.82) is 0 Å². The van der Waals surface area contributed by atoms with Crippen LogP contribution in [0.25, 0.3) is 0 Å². The molecule has 20 heavy (non-hydrogen) atoms. The number of hydrogen-bond donors (Lipinski definition) is 1. The molecule has 1 aromatic rings. The van der Waals surface area contributed by atoms with Crippen molar-refractivity contribution in [3.63, 3.8) is 0 Å². The van der Waals surface area contributed by atoms with Crippen LogP contribution < -0.4 is 5.32 Å². The van der Waals surface area contributed by atoms with Crippen LogP contribution in [0.3, 0.4) is 0 Å². The van der Waals surface area contributed by atoms with Gasteiger partial charge in [0.25, 0.3) is 0 Å². The molecule has 0 aliphatic carbocycles. The lowest BCUT2D eigenvalue weighted by Gasteiger charge is -2.22. The third-order valence-corrected chi connectivity index (χ3v) is 5.08. The highest BCUT2D eigenvalue weighted by Crippen LogP contribution is 2.27. The lowest BCUT2D eigenvalue weighted by atomic mass is 10.2. The molecular weight excluding hydrogens is 290 g/mol. The average Bonchev–Trinajstić information content (AvgIpc) is 2.86. The summed E-state index contributed by atoms with van der Waals surface area (Å²) in [5.41, 5.74) is 0. The zero-order valence-corrected chi connectivity index (χ0v) is 11.6. The van der Waals surface area contributed by atoms with Gasteiger partial charge >= 0.3 is 0 Å². The Labute approximate surface area is 115 Å².